The molecule has 196 valence electrons. The van der Waals surface area contributed by atoms with E-state index in [2.05, 4.69) is 27.7 Å². The highest BCUT2D eigenvalue weighted by Crippen LogP contribution is 2.16. The van der Waals surface area contributed by atoms with Crippen molar-refractivity contribution in [3.05, 3.63) is 29.8 Å². The Morgan fingerprint density at radius 3 is 1.33 bits per heavy atom. The zero-order chi connectivity index (χ0) is 25.6. The summed E-state index contributed by atoms with van der Waals surface area (Å²) in [5.74, 6) is 0.853. The van der Waals surface area contributed by atoms with E-state index in [-0.39, 0.29) is 6.61 Å². The van der Waals surface area contributed by atoms with E-state index >= 15 is 0 Å². The smallest absolute Gasteiger partial charge is 0.394 e. The number of rotatable bonds is 15. The summed E-state index contributed by atoms with van der Waals surface area (Å²) in [5.41, 5.74) is 1.13. The Morgan fingerprint density at radius 1 is 0.758 bits per heavy atom. The summed E-state index contributed by atoms with van der Waals surface area (Å²) in [6, 6.07) is 7.69. The Hall–Kier alpha value is -1.19. The zero-order valence-corrected chi connectivity index (χ0v) is 22.4. The molecule has 0 atom stereocenters. The number of aliphatic hydroxyl groups is 1. The van der Waals surface area contributed by atoms with Crippen LogP contribution < -0.4 is 4.74 Å². The number of nitrogens with zero attached hydrogens (tertiary/aromatic N) is 1. The van der Waals surface area contributed by atoms with Crippen molar-refractivity contribution in [3.8, 4) is 5.75 Å². The van der Waals surface area contributed by atoms with Crippen molar-refractivity contribution in [2.75, 3.05) is 39.9 Å². The molecule has 0 aliphatic rings. The Labute approximate surface area is 203 Å². The third kappa shape index (κ3) is 22.4. The molecule has 0 heterocycles. The van der Waals surface area contributed by atoms with Crippen molar-refractivity contribution >= 4 is 10.4 Å². The molecule has 0 radical (unpaired) electrons. The van der Waals surface area contributed by atoms with Crippen LogP contribution in [-0.4, -0.2) is 67.0 Å². The van der Waals surface area contributed by atoms with Crippen LogP contribution in [0.1, 0.15) is 84.6 Å². The van der Waals surface area contributed by atoms with E-state index in [4.69, 9.17) is 27.4 Å². The highest BCUT2D eigenvalue weighted by molar-refractivity contribution is 7.79. The molecule has 0 fully saturated rings. The Morgan fingerprint density at radius 2 is 1.09 bits per heavy atom. The molecule has 7 nitrogen and oxygen atoms in total. The predicted octanol–water partition coefficient (Wildman–Crippen LogP) is 5.58. The molecule has 0 aliphatic carbocycles. The minimum atomic E-state index is -4.67. The van der Waals surface area contributed by atoms with E-state index in [0.717, 1.165) is 11.3 Å². The molecule has 1 aromatic rings. The normalized spacial score (nSPS) is 11.2. The van der Waals surface area contributed by atoms with E-state index in [1.807, 2.05) is 24.3 Å². The van der Waals surface area contributed by atoms with Crippen molar-refractivity contribution in [3.63, 3.8) is 0 Å². The highest BCUT2D eigenvalue weighted by atomic mass is 32.3. The molecule has 0 aliphatic heterocycles. The van der Waals surface area contributed by atoms with Gasteiger partial charge in [0, 0.05) is 6.61 Å². The second kappa shape index (κ2) is 21.4. The van der Waals surface area contributed by atoms with Crippen LogP contribution in [0.4, 0.5) is 0 Å². The minimum Gasteiger partial charge on any atom is -0.497 e. The van der Waals surface area contributed by atoms with E-state index in [1.54, 1.807) is 7.11 Å². The largest absolute Gasteiger partial charge is 0.497 e. The quantitative estimate of drug-likeness (QED) is 0.218. The number of benzene rings is 1. The molecule has 1 aromatic carbocycles. The first-order valence-corrected chi connectivity index (χ1v) is 13.8. The molecule has 0 saturated carbocycles. The van der Waals surface area contributed by atoms with Crippen LogP contribution in [0.15, 0.2) is 24.3 Å². The summed E-state index contributed by atoms with van der Waals surface area (Å²) < 4.78 is 38.0. The van der Waals surface area contributed by atoms with Gasteiger partial charge in [0.05, 0.1) is 33.3 Å². The Kier molecular flexibility index (Phi) is 22.0. The minimum absolute atomic E-state index is 0.201. The average molecular weight is 493 g/mol. The van der Waals surface area contributed by atoms with Crippen molar-refractivity contribution in [1.29, 1.82) is 0 Å². The van der Waals surface area contributed by atoms with Gasteiger partial charge in [-0.3, -0.25) is 9.11 Å². The van der Waals surface area contributed by atoms with Gasteiger partial charge in [-0.25, -0.2) is 0 Å². The monoisotopic (exact) mass is 492 g/mol. The van der Waals surface area contributed by atoms with Crippen molar-refractivity contribution in [2.24, 2.45) is 0 Å². The molecule has 0 spiro atoms. The maximum absolute atomic E-state index is 8.74. The predicted molar refractivity (Wildman–Crippen MR) is 137 cm³/mol. The topological polar surface area (TPSA) is 104 Å². The van der Waals surface area contributed by atoms with Gasteiger partial charge >= 0.3 is 10.4 Å². The Balaban J connectivity index is 0. The van der Waals surface area contributed by atoms with Gasteiger partial charge in [0.2, 0.25) is 0 Å². The van der Waals surface area contributed by atoms with Crippen molar-refractivity contribution < 1.29 is 31.8 Å². The van der Waals surface area contributed by atoms with Crippen LogP contribution in [-0.2, 0) is 16.8 Å². The van der Waals surface area contributed by atoms with E-state index in [0.29, 0.717) is 6.42 Å². The summed E-state index contributed by atoms with van der Waals surface area (Å²) >= 11 is 0. The van der Waals surface area contributed by atoms with Crippen LogP contribution in [0.25, 0.3) is 0 Å². The van der Waals surface area contributed by atoms with E-state index in [1.165, 1.54) is 82.0 Å². The fourth-order valence-corrected chi connectivity index (χ4v) is 3.57. The number of hydrogen-bond donors (Lipinski definition) is 3. The van der Waals surface area contributed by atoms with Crippen LogP contribution in [0.2, 0.25) is 0 Å². The molecule has 0 amide bonds. The lowest BCUT2D eigenvalue weighted by Gasteiger charge is -2.39. The van der Waals surface area contributed by atoms with E-state index in [9.17, 15) is 0 Å². The summed E-state index contributed by atoms with van der Waals surface area (Å²) in [6.45, 7) is 15.2. The lowest BCUT2D eigenvalue weighted by molar-refractivity contribution is -0.929. The maximum atomic E-state index is 8.74. The number of unbranched alkanes of at least 4 members (excludes halogenated alkanes) is 4. The van der Waals surface area contributed by atoms with Gasteiger partial charge in [-0.1, -0.05) is 65.5 Å². The standard InChI is InChI=1S/C16H36N.C9H12O2.H2O4S/c1-5-9-13-17(14-10-6-2,15-11-7-3)16-12-8-4;1-11-9-4-2-8(3-5-9)6-7-10;1-5(2,3)4/h5-16H2,1-4H3;2-5,10H,6-7H2,1H3;(H2,1,2,3,4)/q+1;;. The first kappa shape index (κ1) is 34.0. The molecular formula is C25H50NO6S+. The number of aliphatic hydroxyl groups excluding tert-OH is 1. The molecule has 8 heteroatoms. The first-order valence-electron chi connectivity index (χ1n) is 12.4. The number of methoxy groups -OCH3 is 1. The van der Waals surface area contributed by atoms with Crippen LogP contribution in [0.5, 0.6) is 5.75 Å². The number of quaternary nitrogens is 1. The third-order valence-corrected chi connectivity index (χ3v) is 5.50. The van der Waals surface area contributed by atoms with Gasteiger partial charge in [-0.05, 0) is 49.8 Å². The van der Waals surface area contributed by atoms with Gasteiger partial charge < -0.3 is 14.3 Å². The summed E-state index contributed by atoms with van der Waals surface area (Å²) in [6.07, 6.45) is 11.8. The second-order valence-corrected chi connectivity index (χ2v) is 9.32. The fraction of sp³-hybridized carbons (Fsp3) is 0.760. The lowest BCUT2D eigenvalue weighted by atomic mass is 10.1. The average Bonchev–Trinajstić information content (AvgIpc) is 2.78. The first-order chi connectivity index (χ1) is 15.6. The molecule has 3 N–H and O–H groups in total. The summed E-state index contributed by atoms with van der Waals surface area (Å²) in [5, 5.41) is 8.61. The fourth-order valence-electron chi connectivity index (χ4n) is 3.57. The highest BCUT2D eigenvalue weighted by Gasteiger charge is 2.24. The molecule has 0 saturated heterocycles. The third-order valence-electron chi connectivity index (χ3n) is 5.50. The number of hydrogen-bond acceptors (Lipinski definition) is 4. The van der Waals surface area contributed by atoms with Gasteiger partial charge in [0.15, 0.2) is 0 Å². The molecular weight excluding hydrogens is 442 g/mol. The second-order valence-electron chi connectivity index (χ2n) is 8.42. The molecule has 0 bridgehead atoms. The van der Waals surface area contributed by atoms with Crippen molar-refractivity contribution in [2.45, 2.75) is 85.5 Å². The van der Waals surface area contributed by atoms with Gasteiger partial charge in [-0.15, -0.1) is 0 Å². The van der Waals surface area contributed by atoms with Crippen LogP contribution >= 0.6 is 0 Å². The van der Waals surface area contributed by atoms with Gasteiger partial charge in [0.1, 0.15) is 5.75 Å². The number of ether oxygens (including phenoxy) is 1. The Bertz CT molecular complexity index is 604. The SMILES string of the molecule is CCCC[N+](CCCC)(CCCC)CCCC.COc1ccc(CCO)cc1.O=S(=O)(O)O. The maximum Gasteiger partial charge on any atom is 0.394 e. The van der Waals surface area contributed by atoms with E-state index < -0.39 is 10.4 Å². The zero-order valence-electron chi connectivity index (χ0n) is 21.6. The lowest BCUT2D eigenvalue weighted by Crippen LogP contribution is -2.50. The molecule has 33 heavy (non-hydrogen) atoms. The van der Waals surface area contributed by atoms with Crippen LogP contribution in [0, 0.1) is 0 Å². The van der Waals surface area contributed by atoms with Gasteiger partial charge in [0.25, 0.3) is 0 Å². The molecule has 1 rings (SSSR count). The summed E-state index contributed by atoms with van der Waals surface area (Å²) in [4.78, 5) is 0. The summed E-state index contributed by atoms with van der Waals surface area (Å²) in [7, 11) is -3.03. The van der Waals surface area contributed by atoms with Gasteiger partial charge in [-0.2, -0.15) is 8.42 Å². The molecule has 0 unspecified atom stereocenters. The van der Waals surface area contributed by atoms with Crippen molar-refractivity contribution in [1.82, 2.24) is 0 Å². The van der Waals surface area contributed by atoms with Crippen LogP contribution in [0.3, 0.4) is 0 Å². The molecule has 0 aromatic heterocycles.